The number of unbranched alkanes of at least 4 members (excludes halogenated alkanes) is 1. The molecule has 3 aromatic heterocycles. The lowest BCUT2D eigenvalue weighted by atomic mass is 9.91. The number of rotatable bonds is 8. The van der Waals surface area contributed by atoms with Crippen LogP contribution in [0.25, 0.3) is 60.6 Å². The van der Waals surface area contributed by atoms with Crippen LogP contribution in [0.5, 0.6) is 0 Å². The third-order valence-electron chi connectivity index (χ3n) is 8.88. The van der Waals surface area contributed by atoms with Crippen LogP contribution in [0.2, 0.25) is 0 Å². The Morgan fingerprint density at radius 1 is 0.913 bits per heavy atom. The van der Waals surface area contributed by atoms with Crippen LogP contribution in [0, 0.1) is 0 Å². The lowest BCUT2D eigenvalue weighted by Crippen LogP contribution is -2.28. The number of ketones is 1. The van der Waals surface area contributed by atoms with E-state index in [0.717, 1.165) is 45.6 Å². The van der Waals surface area contributed by atoms with Crippen LogP contribution < -0.4 is 10.9 Å². The summed E-state index contributed by atoms with van der Waals surface area (Å²) >= 11 is 0. The van der Waals surface area contributed by atoms with E-state index in [0.29, 0.717) is 57.5 Å². The lowest BCUT2D eigenvalue weighted by molar-refractivity contribution is 0.0953. The average molecular weight is 634 g/mol. The number of carbonyl (C=O) groups excluding carboxylic acids is 2. The fourth-order valence-electron chi connectivity index (χ4n) is 6.68. The first kappa shape index (κ1) is 28.3. The van der Waals surface area contributed by atoms with Crippen LogP contribution in [0.15, 0.2) is 65.5 Å². The highest BCUT2D eigenvalue weighted by molar-refractivity contribution is 7.85. The van der Waals surface area contributed by atoms with Crippen LogP contribution in [0.3, 0.4) is 0 Å². The van der Waals surface area contributed by atoms with Crippen molar-refractivity contribution in [1.29, 1.82) is 0 Å². The molecule has 1 aliphatic rings. The number of carbonyl (C=O) groups is 2. The predicted octanol–water partition coefficient (Wildman–Crippen LogP) is 4.96. The van der Waals surface area contributed by atoms with Crippen LogP contribution >= 0.6 is 0 Å². The number of aromatic nitrogens is 4. The summed E-state index contributed by atoms with van der Waals surface area (Å²) in [7, 11) is -4.19. The monoisotopic (exact) mass is 633 g/mol. The molecule has 0 saturated carbocycles. The Balaban J connectivity index is 1.27. The molecule has 230 valence electrons. The van der Waals surface area contributed by atoms with Gasteiger partial charge in [-0.05, 0) is 65.9 Å². The van der Waals surface area contributed by atoms with E-state index in [1.54, 1.807) is 34.7 Å². The second-order valence-electron chi connectivity index (χ2n) is 11.8. The number of nitrogens with one attached hydrogen (secondary N) is 1. The van der Waals surface area contributed by atoms with Gasteiger partial charge in [-0.1, -0.05) is 25.5 Å². The molecule has 12 heteroatoms. The second-order valence-corrected chi connectivity index (χ2v) is 13.3. The Bertz CT molecular complexity index is 2620. The van der Waals surface area contributed by atoms with Crippen molar-refractivity contribution in [3.63, 3.8) is 0 Å². The highest BCUT2D eigenvalue weighted by atomic mass is 32.2. The quantitative estimate of drug-likeness (QED) is 0.176. The molecule has 0 saturated heterocycles. The van der Waals surface area contributed by atoms with E-state index < -0.39 is 21.8 Å². The van der Waals surface area contributed by atoms with Gasteiger partial charge in [0.1, 0.15) is 11.5 Å². The number of nitrogens with zero attached hydrogens (tertiary/aromatic N) is 4. The van der Waals surface area contributed by atoms with Crippen molar-refractivity contribution in [1.82, 2.24) is 24.3 Å². The highest BCUT2D eigenvalue weighted by Crippen LogP contribution is 2.42. The second kappa shape index (κ2) is 10.2. The molecule has 4 aromatic carbocycles. The van der Waals surface area contributed by atoms with Gasteiger partial charge < -0.3 is 9.88 Å². The topological polar surface area (TPSA) is 153 Å². The number of fused-ring (bicyclic) bond motifs is 8. The Labute approximate surface area is 261 Å². The summed E-state index contributed by atoms with van der Waals surface area (Å²) in [5.74, 6) is -0.285. The lowest BCUT2D eigenvalue weighted by Gasteiger charge is -2.21. The van der Waals surface area contributed by atoms with E-state index in [1.807, 2.05) is 41.8 Å². The molecule has 11 nitrogen and oxygen atoms in total. The first-order chi connectivity index (χ1) is 22.1. The van der Waals surface area contributed by atoms with Crippen molar-refractivity contribution in [2.75, 3.05) is 12.3 Å². The zero-order valence-corrected chi connectivity index (χ0v) is 25.5. The summed E-state index contributed by atoms with van der Waals surface area (Å²) in [6.45, 7) is 2.29. The Kier molecular flexibility index (Phi) is 6.25. The SMILES string of the molecule is CCCCC(=O)c1ccc2nc3c4ccc5c6c(ccc(c(=O)n3c2c1)c64)-c1nc2ccc(C(=O)NCCS(=O)(=O)O)cc2n1C5. The summed E-state index contributed by atoms with van der Waals surface area (Å²) < 4.78 is 34.7. The predicted molar refractivity (Wildman–Crippen MR) is 176 cm³/mol. The van der Waals surface area contributed by atoms with Gasteiger partial charge in [0, 0.05) is 45.8 Å². The van der Waals surface area contributed by atoms with E-state index in [4.69, 9.17) is 14.5 Å². The number of hydrogen-bond acceptors (Lipinski definition) is 7. The molecule has 4 heterocycles. The van der Waals surface area contributed by atoms with E-state index in [-0.39, 0.29) is 17.9 Å². The molecule has 0 atom stereocenters. The minimum Gasteiger partial charge on any atom is -0.351 e. The summed E-state index contributed by atoms with van der Waals surface area (Å²) in [5, 5.41) is 5.66. The molecule has 1 aliphatic heterocycles. The van der Waals surface area contributed by atoms with E-state index in [9.17, 15) is 22.8 Å². The van der Waals surface area contributed by atoms with Gasteiger partial charge in [-0.3, -0.25) is 23.3 Å². The number of imidazole rings is 2. The number of amides is 1. The van der Waals surface area contributed by atoms with E-state index in [2.05, 4.69) is 5.32 Å². The van der Waals surface area contributed by atoms with Crippen molar-refractivity contribution in [3.8, 4) is 11.4 Å². The normalized spacial score (nSPS) is 12.9. The van der Waals surface area contributed by atoms with Crippen molar-refractivity contribution in [3.05, 3.63) is 87.7 Å². The fraction of sp³-hybridized carbons (Fsp3) is 0.206. The van der Waals surface area contributed by atoms with Crippen LogP contribution in [0.1, 0.15) is 52.5 Å². The molecule has 0 spiro atoms. The van der Waals surface area contributed by atoms with Gasteiger partial charge in [-0.15, -0.1) is 0 Å². The molecular weight excluding hydrogens is 606 g/mol. The van der Waals surface area contributed by atoms with Crippen LogP contribution in [0.4, 0.5) is 0 Å². The maximum Gasteiger partial charge on any atom is 0.266 e. The molecule has 0 aliphatic carbocycles. The number of hydrogen-bond donors (Lipinski definition) is 2. The minimum atomic E-state index is -4.19. The number of benzene rings is 4. The maximum absolute atomic E-state index is 14.1. The molecule has 0 unspecified atom stereocenters. The summed E-state index contributed by atoms with van der Waals surface area (Å²) in [5.41, 5.74) is 5.78. The van der Waals surface area contributed by atoms with Gasteiger partial charge in [0.15, 0.2) is 5.78 Å². The van der Waals surface area contributed by atoms with Crippen molar-refractivity contribution in [2.24, 2.45) is 0 Å². The van der Waals surface area contributed by atoms with E-state index >= 15 is 0 Å². The summed E-state index contributed by atoms with van der Waals surface area (Å²) in [6.07, 6.45) is 2.20. The molecule has 8 rings (SSSR count). The fourth-order valence-corrected chi connectivity index (χ4v) is 7.04. The molecule has 1 amide bonds. The molecule has 7 aromatic rings. The van der Waals surface area contributed by atoms with Crippen LogP contribution in [-0.2, 0) is 16.7 Å². The van der Waals surface area contributed by atoms with Crippen molar-refractivity contribution < 1.29 is 22.6 Å². The number of pyridine rings is 1. The van der Waals surface area contributed by atoms with Gasteiger partial charge in [0.2, 0.25) is 0 Å². The smallest absolute Gasteiger partial charge is 0.266 e. The minimum absolute atomic E-state index is 0.0503. The third-order valence-corrected chi connectivity index (χ3v) is 9.60. The van der Waals surface area contributed by atoms with Crippen LogP contribution in [-0.4, -0.2) is 55.9 Å². The molecule has 0 bridgehead atoms. The van der Waals surface area contributed by atoms with Gasteiger partial charge in [0.25, 0.3) is 21.6 Å². The zero-order valence-electron chi connectivity index (χ0n) is 24.7. The highest BCUT2D eigenvalue weighted by Gasteiger charge is 2.27. The van der Waals surface area contributed by atoms with Gasteiger partial charge >= 0.3 is 0 Å². The standard InChI is InChI=1S/C34H27N5O6S/c1-2-3-4-28(40)18-6-11-25-27(15-18)39-32(37-25)22-8-5-20-17-38-26-16-19(33(41)35-13-14-46(43,44)45)7-12-24(26)36-31(38)21-9-10-23(34(39)42)30(22)29(20)21/h5-12,15-16H,2-4,13-14,17H2,1H3,(H,35,41)(H,43,44,45). The molecule has 2 N–H and O–H groups in total. The molecule has 0 radical (unpaired) electrons. The van der Waals surface area contributed by atoms with Crippen molar-refractivity contribution in [2.45, 2.75) is 32.7 Å². The first-order valence-electron chi connectivity index (χ1n) is 15.1. The first-order valence-corrected chi connectivity index (χ1v) is 16.7. The third kappa shape index (κ3) is 4.28. The summed E-state index contributed by atoms with van der Waals surface area (Å²) in [4.78, 5) is 49.4. The van der Waals surface area contributed by atoms with Gasteiger partial charge in [0.05, 0.1) is 34.4 Å². The largest absolute Gasteiger partial charge is 0.351 e. The Morgan fingerprint density at radius 2 is 1.65 bits per heavy atom. The molecular formula is C34H27N5O6S. The number of Topliss-reactive ketones (excluding diaryl/α,β-unsaturated/α-hetero) is 1. The van der Waals surface area contributed by atoms with Crippen molar-refractivity contribution >= 4 is 71.1 Å². The molecule has 0 fully saturated rings. The van der Waals surface area contributed by atoms with E-state index in [1.165, 1.54) is 0 Å². The summed E-state index contributed by atoms with van der Waals surface area (Å²) in [6, 6.07) is 18.2. The average Bonchev–Trinajstić information content (AvgIpc) is 3.61. The maximum atomic E-state index is 14.1. The van der Waals surface area contributed by atoms with Gasteiger partial charge in [-0.2, -0.15) is 8.42 Å². The molecule has 46 heavy (non-hydrogen) atoms. The Morgan fingerprint density at radius 3 is 2.43 bits per heavy atom. The van der Waals surface area contributed by atoms with Gasteiger partial charge in [-0.25, -0.2) is 9.97 Å². The zero-order chi connectivity index (χ0) is 31.9. The Hall–Kier alpha value is -5.20.